The van der Waals surface area contributed by atoms with Crippen LogP contribution in [0.15, 0.2) is 18.2 Å². The fourth-order valence-corrected chi connectivity index (χ4v) is 4.22. The molecule has 0 aromatic heterocycles. The Balaban J connectivity index is 2.11. The first kappa shape index (κ1) is 24.8. The van der Waals surface area contributed by atoms with E-state index in [9.17, 15) is 9.59 Å². The fourth-order valence-electron chi connectivity index (χ4n) is 3.68. The summed E-state index contributed by atoms with van der Waals surface area (Å²) in [5, 5.41) is 1.05. The van der Waals surface area contributed by atoms with Crippen LogP contribution in [0, 0.1) is 0 Å². The normalized spacial score (nSPS) is 16.5. The van der Waals surface area contributed by atoms with Crippen molar-refractivity contribution in [2.75, 3.05) is 26.7 Å². The number of carbonyl (C=O) groups excluding carboxylic acids is 2. The molecule has 6 nitrogen and oxygen atoms in total. The zero-order valence-electron chi connectivity index (χ0n) is 18.4. The Bertz CT molecular complexity index is 723. The predicted octanol–water partition coefficient (Wildman–Crippen LogP) is 5.32. The number of benzene rings is 1. The van der Waals surface area contributed by atoms with Gasteiger partial charge in [0.25, 0.3) is 0 Å². The minimum atomic E-state index is -0.513. The smallest absolute Gasteiger partial charge is 0.410 e. The molecular weight excluding hydrogens is 427 g/mol. The van der Waals surface area contributed by atoms with Crippen molar-refractivity contribution >= 4 is 35.3 Å². The van der Waals surface area contributed by atoms with Gasteiger partial charge in [-0.15, -0.1) is 0 Å². The van der Waals surface area contributed by atoms with E-state index in [1.54, 1.807) is 17.9 Å². The van der Waals surface area contributed by atoms with Crippen LogP contribution in [0.5, 0.6) is 0 Å². The van der Waals surface area contributed by atoms with Gasteiger partial charge in [0, 0.05) is 35.2 Å². The van der Waals surface area contributed by atoms with E-state index in [1.807, 2.05) is 40.0 Å². The maximum Gasteiger partial charge on any atom is 0.410 e. The van der Waals surface area contributed by atoms with E-state index in [-0.39, 0.29) is 30.6 Å². The Morgan fingerprint density at radius 3 is 2.23 bits per heavy atom. The molecule has 8 heteroatoms. The monoisotopic (exact) mass is 458 g/mol. The van der Waals surface area contributed by atoms with E-state index in [4.69, 9.17) is 32.7 Å². The van der Waals surface area contributed by atoms with Gasteiger partial charge in [-0.25, -0.2) is 4.79 Å². The molecule has 0 aliphatic carbocycles. The molecule has 1 amide bonds. The van der Waals surface area contributed by atoms with Gasteiger partial charge in [-0.05, 0) is 71.3 Å². The molecule has 2 rings (SSSR count). The molecular formula is C22H32Cl2N2O4. The highest BCUT2D eigenvalue weighted by atomic mass is 35.5. The molecule has 1 atom stereocenters. The molecule has 30 heavy (non-hydrogen) atoms. The summed E-state index contributed by atoms with van der Waals surface area (Å²) in [6.07, 6.45) is 1.48. The molecule has 168 valence electrons. The van der Waals surface area contributed by atoms with E-state index < -0.39 is 5.60 Å². The lowest BCUT2D eigenvalue weighted by Crippen LogP contribution is -2.48. The lowest BCUT2D eigenvalue weighted by molar-refractivity contribution is -0.144. The number of rotatable bonds is 6. The summed E-state index contributed by atoms with van der Waals surface area (Å²) in [7, 11) is 1.99. The highest BCUT2D eigenvalue weighted by molar-refractivity contribution is 6.34. The fraction of sp³-hybridized carbons (Fsp3) is 0.636. The maximum atomic E-state index is 12.3. The molecule has 1 fully saturated rings. The van der Waals surface area contributed by atoms with Gasteiger partial charge in [0.05, 0.1) is 13.0 Å². The highest BCUT2D eigenvalue weighted by Crippen LogP contribution is 2.32. The summed E-state index contributed by atoms with van der Waals surface area (Å²) >= 11 is 12.4. The number of hydrogen-bond acceptors (Lipinski definition) is 5. The van der Waals surface area contributed by atoms with Crippen LogP contribution < -0.4 is 0 Å². The summed E-state index contributed by atoms with van der Waals surface area (Å²) in [5.41, 5.74) is 0.360. The van der Waals surface area contributed by atoms with E-state index in [0.717, 1.165) is 18.4 Å². The van der Waals surface area contributed by atoms with Gasteiger partial charge in [-0.1, -0.05) is 23.2 Å². The number of piperidine rings is 1. The maximum absolute atomic E-state index is 12.3. The molecule has 1 aromatic carbocycles. The van der Waals surface area contributed by atoms with Crippen molar-refractivity contribution < 1.29 is 19.1 Å². The topological polar surface area (TPSA) is 59.1 Å². The third-order valence-corrected chi connectivity index (χ3v) is 5.56. The van der Waals surface area contributed by atoms with Crippen LogP contribution in [0.3, 0.4) is 0 Å². The van der Waals surface area contributed by atoms with Gasteiger partial charge in [0.1, 0.15) is 5.60 Å². The Morgan fingerprint density at radius 1 is 1.17 bits per heavy atom. The number of esters is 1. The van der Waals surface area contributed by atoms with Crippen LogP contribution in [0.4, 0.5) is 4.79 Å². The van der Waals surface area contributed by atoms with Crippen LogP contribution >= 0.6 is 23.2 Å². The second-order valence-corrected chi connectivity index (χ2v) is 9.46. The summed E-state index contributed by atoms with van der Waals surface area (Å²) in [4.78, 5) is 28.5. The second kappa shape index (κ2) is 10.7. The van der Waals surface area contributed by atoms with Crippen molar-refractivity contribution in [2.24, 2.45) is 0 Å². The molecule has 1 aliphatic heterocycles. The van der Waals surface area contributed by atoms with Crippen LogP contribution in [-0.4, -0.2) is 60.2 Å². The molecule has 1 aromatic rings. The van der Waals surface area contributed by atoms with Crippen LogP contribution in [0.25, 0.3) is 0 Å². The van der Waals surface area contributed by atoms with Crippen molar-refractivity contribution in [3.63, 3.8) is 0 Å². The standard InChI is InChI=1S/C22H32Cl2N2O4/c1-6-29-20(27)14-19(15-11-16(23)13-17(24)12-15)25(5)18-7-9-26(10-8-18)21(28)30-22(2,3)4/h11-13,18-19H,6-10,14H2,1-5H3/t19-/m0/s1. The van der Waals surface area contributed by atoms with Crippen molar-refractivity contribution in [1.82, 2.24) is 9.80 Å². The minimum absolute atomic E-state index is 0.195. The average molecular weight is 459 g/mol. The summed E-state index contributed by atoms with van der Waals surface area (Å²) < 4.78 is 10.7. The Morgan fingerprint density at radius 2 is 1.73 bits per heavy atom. The first-order valence-corrected chi connectivity index (χ1v) is 11.1. The Kier molecular flexibility index (Phi) is 8.83. The van der Waals surface area contributed by atoms with Crippen LogP contribution in [0.2, 0.25) is 10.0 Å². The molecule has 0 unspecified atom stereocenters. The highest BCUT2D eigenvalue weighted by Gasteiger charge is 2.32. The molecule has 1 saturated heterocycles. The predicted molar refractivity (Wildman–Crippen MR) is 119 cm³/mol. The SMILES string of the molecule is CCOC(=O)C[C@@H](c1cc(Cl)cc(Cl)c1)N(C)C1CCN(C(=O)OC(C)(C)C)CC1. The first-order valence-electron chi connectivity index (χ1n) is 10.3. The molecule has 0 N–H and O–H groups in total. The second-order valence-electron chi connectivity index (χ2n) is 8.59. The summed E-state index contributed by atoms with van der Waals surface area (Å²) in [5.74, 6) is -0.267. The lowest BCUT2D eigenvalue weighted by Gasteiger charge is -2.40. The molecule has 0 spiro atoms. The zero-order valence-corrected chi connectivity index (χ0v) is 19.9. The van der Waals surface area contributed by atoms with Crippen LogP contribution in [0.1, 0.15) is 58.6 Å². The molecule has 1 heterocycles. The molecule has 0 radical (unpaired) electrons. The largest absolute Gasteiger partial charge is 0.466 e. The molecule has 0 bridgehead atoms. The quantitative estimate of drug-likeness (QED) is 0.539. The minimum Gasteiger partial charge on any atom is -0.466 e. The number of amides is 1. The Labute approximate surface area is 189 Å². The van der Waals surface area contributed by atoms with Crippen molar-refractivity contribution in [2.45, 2.75) is 64.6 Å². The molecule has 1 aliphatic rings. The third-order valence-electron chi connectivity index (χ3n) is 5.12. The van der Waals surface area contributed by atoms with Crippen molar-refractivity contribution in [1.29, 1.82) is 0 Å². The Hall–Kier alpha value is -1.50. The van der Waals surface area contributed by atoms with Crippen molar-refractivity contribution in [3.05, 3.63) is 33.8 Å². The van der Waals surface area contributed by atoms with Gasteiger partial charge >= 0.3 is 12.1 Å². The number of nitrogens with zero attached hydrogens (tertiary/aromatic N) is 2. The lowest BCUT2D eigenvalue weighted by atomic mass is 9.96. The zero-order chi connectivity index (χ0) is 22.5. The van der Waals surface area contributed by atoms with E-state index in [1.165, 1.54) is 0 Å². The number of halogens is 2. The third kappa shape index (κ3) is 7.33. The summed E-state index contributed by atoms with van der Waals surface area (Å²) in [6.45, 7) is 8.92. The molecule has 0 saturated carbocycles. The van der Waals surface area contributed by atoms with Gasteiger partial charge in [-0.2, -0.15) is 0 Å². The van der Waals surface area contributed by atoms with Crippen LogP contribution in [-0.2, 0) is 14.3 Å². The van der Waals surface area contributed by atoms with Crippen molar-refractivity contribution in [3.8, 4) is 0 Å². The summed E-state index contributed by atoms with van der Waals surface area (Å²) in [6, 6.07) is 5.32. The van der Waals surface area contributed by atoms with Gasteiger partial charge in [0.2, 0.25) is 0 Å². The number of likely N-dealkylation sites (tertiary alicyclic amines) is 1. The van der Waals surface area contributed by atoms with E-state index >= 15 is 0 Å². The van der Waals surface area contributed by atoms with Gasteiger partial charge in [0.15, 0.2) is 0 Å². The number of hydrogen-bond donors (Lipinski definition) is 0. The van der Waals surface area contributed by atoms with Gasteiger partial charge in [-0.3, -0.25) is 9.69 Å². The van der Waals surface area contributed by atoms with E-state index in [2.05, 4.69) is 4.90 Å². The first-order chi connectivity index (χ1) is 14.0. The van der Waals surface area contributed by atoms with E-state index in [0.29, 0.717) is 29.7 Å². The number of carbonyl (C=O) groups is 2. The van der Waals surface area contributed by atoms with Gasteiger partial charge < -0.3 is 14.4 Å². The average Bonchev–Trinajstić information content (AvgIpc) is 2.64. The number of ether oxygens (including phenoxy) is 2.